The molecule has 2 atom stereocenters. The molecule has 0 saturated heterocycles. The first kappa shape index (κ1) is 13.5. The minimum atomic E-state index is 0.480. The van der Waals surface area contributed by atoms with Crippen LogP contribution < -0.4 is 10.1 Å². The van der Waals surface area contributed by atoms with Crippen molar-refractivity contribution in [2.45, 2.75) is 39.7 Å². The molecule has 0 fully saturated rings. The van der Waals surface area contributed by atoms with Gasteiger partial charge in [0, 0.05) is 16.3 Å². The van der Waals surface area contributed by atoms with E-state index in [9.17, 15) is 0 Å². The quantitative estimate of drug-likeness (QED) is 0.783. The first-order valence-corrected chi connectivity index (χ1v) is 6.95. The molecular weight excluding hydrogens is 218 g/mol. The molecule has 3 heteroatoms. The van der Waals surface area contributed by atoms with E-state index in [4.69, 9.17) is 4.74 Å². The number of hydrogen-bond acceptors (Lipinski definition) is 3. The molecule has 1 N–H and O–H groups in total. The molecule has 92 valence electrons. The van der Waals surface area contributed by atoms with Crippen LogP contribution in [0.15, 0.2) is 11.4 Å². The van der Waals surface area contributed by atoms with Crippen LogP contribution in [0.1, 0.15) is 44.5 Å². The van der Waals surface area contributed by atoms with Gasteiger partial charge < -0.3 is 10.1 Å². The Kier molecular flexibility index (Phi) is 5.85. The normalized spacial score (nSPS) is 14.8. The molecular formula is C13H23NOS. The summed E-state index contributed by atoms with van der Waals surface area (Å²) < 4.78 is 5.24. The average molecular weight is 241 g/mol. The van der Waals surface area contributed by atoms with Gasteiger partial charge in [0.2, 0.25) is 0 Å². The summed E-state index contributed by atoms with van der Waals surface area (Å²) in [6, 6.07) is 2.63. The summed E-state index contributed by atoms with van der Waals surface area (Å²) in [4.78, 5) is 1.39. The lowest BCUT2D eigenvalue weighted by atomic mass is 9.98. The highest BCUT2D eigenvalue weighted by Gasteiger charge is 2.15. The van der Waals surface area contributed by atoms with Crippen molar-refractivity contribution in [2.24, 2.45) is 5.92 Å². The van der Waals surface area contributed by atoms with Crippen LogP contribution in [0, 0.1) is 5.92 Å². The molecule has 0 aliphatic carbocycles. The Hall–Kier alpha value is -0.540. The number of ether oxygens (including phenoxy) is 1. The Morgan fingerprint density at radius 1 is 1.44 bits per heavy atom. The van der Waals surface area contributed by atoms with Crippen molar-refractivity contribution in [2.75, 3.05) is 13.7 Å². The summed E-state index contributed by atoms with van der Waals surface area (Å²) in [5.41, 5.74) is 0. The Balaban J connectivity index is 2.68. The number of thiophene rings is 1. The maximum absolute atomic E-state index is 5.24. The minimum absolute atomic E-state index is 0.480. The maximum atomic E-state index is 5.24. The fourth-order valence-electron chi connectivity index (χ4n) is 1.74. The molecule has 0 spiro atoms. The molecule has 0 aliphatic rings. The molecule has 1 aromatic rings. The van der Waals surface area contributed by atoms with Gasteiger partial charge in [-0.05, 0) is 24.9 Å². The van der Waals surface area contributed by atoms with Crippen LogP contribution in [-0.2, 0) is 0 Å². The lowest BCUT2D eigenvalue weighted by molar-refractivity contribution is 0.405. The van der Waals surface area contributed by atoms with E-state index in [1.807, 2.05) is 0 Å². The number of rotatable bonds is 7. The van der Waals surface area contributed by atoms with Crippen molar-refractivity contribution < 1.29 is 4.74 Å². The predicted molar refractivity (Wildman–Crippen MR) is 71.4 cm³/mol. The summed E-state index contributed by atoms with van der Waals surface area (Å²) >= 11 is 1.79. The number of methoxy groups -OCH3 is 1. The first-order chi connectivity index (χ1) is 7.71. The van der Waals surface area contributed by atoms with Crippen LogP contribution in [-0.4, -0.2) is 13.7 Å². The highest BCUT2D eigenvalue weighted by atomic mass is 32.1. The first-order valence-electron chi connectivity index (χ1n) is 6.07. The zero-order valence-electron chi connectivity index (χ0n) is 10.7. The highest BCUT2D eigenvalue weighted by Crippen LogP contribution is 2.31. The second kappa shape index (κ2) is 6.92. The topological polar surface area (TPSA) is 21.3 Å². The lowest BCUT2D eigenvalue weighted by Gasteiger charge is -2.19. The van der Waals surface area contributed by atoms with E-state index in [2.05, 4.69) is 37.5 Å². The zero-order chi connectivity index (χ0) is 12.0. The van der Waals surface area contributed by atoms with Crippen LogP contribution >= 0.6 is 11.3 Å². The summed E-state index contributed by atoms with van der Waals surface area (Å²) in [6.07, 6.45) is 2.44. The van der Waals surface area contributed by atoms with Gasteiger partial charge in [0.05, 0.1) is 7.11 Å². The van der Waals surface area contributed by atoms with Crippen LogP contribution in [0.25, 0.3) is 0 Å². The van der Waals surface area contributed by atoms with E-state index in [1.54, 1.807) is 18.4 Å². The predicted octanol–water partition coefficient (Wildman–Crippen LogP) is 3.84. The summed E-state index contributed by atoms with van der Waals surface area (Å²) in [6.45, 7) is 7.74. The minimum Gasteiger partial charge on any atom is -0.496 e. The molecule has 0 amide bonds. The Morgan fingerprint density at radius 3 is 2.69 bits per heavy atom. The lowest BCUT2D eigenvalue weighted by Crippen LogP contribution is -2.21. The molecule has 1 aromatic heterocycles. The van der Waals surface area contributed by atoms with Gasteiger partial charge in [-0.3, -0.25) is 0 Å². The Bertz CT molecular complexity index is 298. The molecule has 0 aliphatic heterocycles. The molecule has 1 heterocycles. The average Bonchev–Trinajstić information content (AvgIpc) is 2.76. The SMILES string of the molecule is CCNC(CC(C)CC)c1cc(OC)cs1. The van der Waals surface area contributed by atoms with Gasteiger partial charge in [0.15, 0.2) is 0 Å². The van der Waals surface area contributed by atoms with E-state index < -0.39 is 0 Å². The van der Waals surface area contributed by atoms with E-state index in [0.29, 0.717) is 6.04 Å². The molecule has 0 bridgehead atoms. The van der Waals surface area contributed by atoms with E-state index >= 15 is 0 Å². The third-order valence-electron chi connectivity index (χ3n) is 2.96. The number of hydrogen-bond donors (Lipinski definition) is 1. The van der Waals surface area contributed by atoms with Gasteiger partial charge in [0.1, 0.15) is 5.75 Å². The van der Waals surface area contributed by atoms with Crippen LogP contribution in [0.2, 0.25) is 0 Å². The highest BCUT2D eigenvalue weighted by molar-refractivity contribution is 7.10. The van der Waals surface area contributed by atoms with Crippen molar-refractivity contribution in [3.63, 3.8) is 0 Å². The maximum Gasteiger partial charge on any atom is 0.129 e. The third-order valence-corrected chi connectivity index (χ3v) is 3.99. The second-order valence-corrected chi connectivity index (χ2v) is 5.19. The van der Waals surface area contributed by atoms with Crippen molar-refractivity contribution in [1.82, 2.24) is 5.32 Å². The van der Waals surface area contributed by atoms with Gasteiger partial charge in [-0.1, -0.05) is 27.2 Å². The van der Waals surface area contributed by atoms with E-state index in [0.717, 1.165) is 18.2 Å². The molecule has 0 aromatic carbocycles. The molecule has 0 radical (unpaired) electrons. The van der Waals surface area contributed by atoms with Crippen molar-refractivity contribution in [3.8, 4) is 5.75 Å². The standard InChI is InChI=1S/C13H23NOS/c1-5-10(3)7-12(14-6-2)13-8-11(15-4)9-16-13/h8-10,12,14H,5-7H2,1-4H3. The summed E-state index contributed by atoms with van der Waals surface area (Å²) in [5, 5.41) is 5.64. The smallest absolute Gasteiger partial charge is 0.129 e. The molecule has 2 nitrogen and oxygen atoms in total. The van der Waals surface area contributed by atoms with E-state index in [1.165, 1.54) is 17.7 Å². The Labute approximate surface area is 103 Å². The van der Waals surface area contributed by atoms with Gasteiger partial charge in [-0.2, -0.15) is 0 Å². The van der Waals surface area contributed by atoms with Crippen LogP contribution in [0.3, 0.4) is 0 Å². The molecule has 2 unspecified atom stereocenters. The number of nitrogens with one attached hydrogen (secondary N) is 1. The second-order valence-electron chi connectivity index (χ2n) is 4.25. The monoisotopic (exact) mass is 241 g/mol. The van der Waals surface area contributed by atoms with Gasteiger partial charge in [-0.15, -0.1) is 11.3 Å². The third kappa shape index (κ3) is 3.80. The largest absolute Gasteiger partial charge is 0.496 e. The summed E-state index contributed by atoms with van der Waals surface area (Å²) in [7, 11) is 1.72. The summed E-state index contributed by atoms with van der Waals surface area (Å²) in [5.74, 6) is 1.74. The zero-order valence-corrected chi connectivity index (χ0v) is 11.6. The molecule has 1 rings (SSSR count). The van der Waals surface area contributed by atoms with Crippen LogP contribution in [0.4, 0.5) is 0 Å². The van der Waals surface area contributed by atoms with Gasteiger partial charge in [-0.25, -0.2) is 0 Å². The molecule has 0 saturated carbocycles. The molecule has 16 heavy (non-hydrogen) atoms. The van der Waals surface area contributed by atoms with Gasteiger partial charge >= 0.3 is 0 Å². The fourth-order valence-corrected chi connectivity index (χ4v) is 2.68. The fraction of sp³-hybridized carbons (Fsp3) is 0.692. The van der Waals surface area contributed by atoms with Gasteiger partial charge in [0.25, 0.3) is 0 Å². The van der Waals surface area contributed by atoms with Crippen molar-refractivity contribution in [3.05, 3.63) is 16.3 Å². The van der Waals surface area contributed by atoms with Crippen LogP contribution in [0.5, 0.6) is 5.75 Å². The van der Waals surface area contributed by atoms with Crippen molar-refractivity contribution >= 4 is 11.3 Å². The van der Waals surface area contributed by atoms with E-state index in [-0.39, 0.29) is 0 Å². The van der Waals surface area contributed by atoms with Crippen molar-refractivity contribution in [1.29, 1.82) is 0 Å². The Morgan fingerprint density at radius 2 is 2.19 bits per heavy atom.